The van der Waals surface area contributed by atoms with E-state index in [4.69, 9.17) is 9.47 Å². The van der Waals surface area contributed by atoms with Gasteiger partial charge in [-0.25, -0.2) is 4.68 Å². The van der Waals surface area contributed by atoms with Crippen molar-refractivity contribution < 1.29 is 14.3 Å². The zero-order chi connectivity index (χ0) is 21.8. The number of benzene rings is 2. The summed E-state index contributed by atoms with van der Waals surface area (Å²) in [4.78, 5) is 15.2. The molecule has 0 unspecified atom stereocenters. The summed E-state index contributed by atoms with van der Waals surface area (Å²) in [6, 6.07) is 17.6. The van der Waals surface area contributed by atoms with Crippen molar-refractivity contribution in [2.45, 2.75) is 25.8 Å². The van der Waals surface area contributed by atoms with E-state index in [1.54, 1.807) is 18.9 Å². The van der Waals surface area contributed by atoms with Crippen LogP contribution in [0.2, 0.25) is 0 Å². The third kappa shape index (κ3) is 4.56. The Kier molecular flexibility index (Phi) is 6.23. The number of para-hydroxylation sites is 1. The maximum Gasteiger partial charge on any atom is 0.239 e. The number of aromatic nitrogens is 2. The highest BCUT2D eigenvalue weighted by molar-refractivity contribution is 5.91. The standard InChI is InChI=1S/C24H28N4O3/c1-17-14-23(28(26-17)18-8-5-4-6-9-18)25-24(29)16-27-13-7-10-21(27)20-15-19(30-2)11-12-22(20)31-3/h4-6,8-9,11-12,14-15,21H,7,10,13,16H2,1-3H3,(H,25,29)/t21-/m0/s1. The summed E-state index contributed by atoms with van der Waals surface area (Å²) in [6.45, 7) is 3.07. The quantitative estimate of drug-likeness (QED) is 0.626. The number of nitrogens with one attached hydrogen (secondary N) is 1. The van der Waals surface area contributed by atoms with E-state index in [-0.39, 0.29) is 11.9 Å². The molecule has 0 spiro atoms. The van der Waals surface area contributed by atoms with Gasteiger partial charge in [0.25, 0.3) is 0 Å². The third-order valence-electron chi connectivity index (χ3n) is 5.61. The molecular formula is C24H28N4O3. The van der Waals surface area contributed by atoms with Gasteiger partial charge in [0.2, 0.25) is 5.91 Å². The summed E-state index contributed by atoms with van der Waals surface area (Å²) < 4.78 is 12.7. The van der Waals surface area contributed by atoms with Gasteiger partial charge >= 0.3 is 0 Å². The number of nitrogens with zero attached hydrogens (tertiary/aromatic N) is 3. The molecule has 31 heavy (non-hydrogen) atoms. The van der Waals surface area contributed by atoms with Crippen molar-refractivity contribution in [1.82, 2.24) is 14.7 Å². The number of amides is 1. The second kappa shape index (κ2) is 9.22. The molecule has 2 heterocycles. The van der Waals surface area contributed by atoms with Crippen LogP contribution in [0.4, 0.5) is 5.82 Å². The average Bonchev–Trinajstić information content (AvgIpc) is 3.39. The van der Waals surface area contributed by atoms with E-state index in [1.807, 2.05) is 61.5 Å². The number of rotatable bonds is 7. The van der Waals surface area contributed by atoms with Crippen LogP contribution in [0.25, 0.3) is 5.69 Å². The lowest BCUT2D eigenvalue weighted by molar-refractivity contribution is -0.117. The fourth-order valence-electron chi connectivity index (χ4n) is 4.19. The minimum absolute atomic E-state index is 0.0640. The first kappa shape index (κ1) is 20.9. The Balaban J connectivity index is 1.51. The number of hydrogen-bond acceptors (Lipinski definition) is 5. The van der Waals surface area contributed by atoms with Crippen molar-refractivity contribution >= 4 is 11.7 Å². The van der Waals surface area contributed by atoms with Gasteiger partial charge in [-0.05, 0) is 56.6 Å². The van der Waals surface area contributed by atoms with Crippen molar-refractivity contribution in [2.75, 3.05) is 32.6 Å². The van der Waals surface area contributed by atoms with E-state index in [0.29, 0.717) is 12.4 Å². The summed E-state index contributed by atoms with van der Waals surface area (Å²) in [6.07, 6.45) is 2.00. The summed E-state index contributed by atoms with van der Waals surface area (Å²) in [7, 11) is 3.33. The fraction of sp³-hybridized carbons (Fsp3) is 0.333. The van der Waals surface area contributed by atoms with Gasteiger partial charge in [0.1, 0.15) is 17.3 Å². The van der Waals surface area contributed by atoms with Crippen LogP contribution in [-0.4, -0.2) is 47.9 Å². The van der Waals surface area contributed by atoms with Gasteiger partial charge in [0.15, 0.2) is 0 Å². The van der Waals surface area contributed by atoms with Crippen LogP contribution >= 0.6 is 0 Å². The van der Waals surface area contributed by atoms with E-state index in [0.717, 1.165) is 47.8 Å². The molecule has 7 nitrogen and oxygen atoms in total. The molecule has 1 aromatic heterocycles. The van der Waals surface area contributed by atoms with Crippen LogP contribution in [0.5, 0.6) is 11.5 Å². The van der Waals surface area contributed by atoms with Crippen LogP contribution in [0, 0.1) is 6.92 Å². The number of methoxy groups -OCH3 is 2. The minimum Gasteiger partial charge on any atom is -0.497 e. The first-order chi connectivity index (χ1) is 15.1. The molecule has 1 aliphatic heterocycles. The largest absolute Gasteiger partial charge is 0.497 e. The van der Waals surface area contributed by atoms with Crippen LogP contribution in [0.3, 0.4) is 0 Å². The molecule has 1 amide bonds. The number of carbonyl (C=O) groups is 1. The summed E-state index contributed by atoms with van der Waals surface area (Å²) >= 11 is 0. The van der Waals surface area contributed by atoms with Crippen molar-refractivity contribution in [3.05, 3.63) is 65.9 Å². The number of anilines is 1. The first-order valence-corrected chi connectivity index (χ1v) is 10.5. The second-order valence-electron chi connectivity index (χ2n) is 7.70. The van der Waals surface area contributed by atoms with E-state index < -0.39 is 0 Å². The highest BCUT2D eigenvalue weighted by Gasteiger charge is 2.30. The van der Waals surface area contributed by atoms with Crippen LogP contribution < -0.4 is 14.8 Å². The molecule has 7 heteroatoms. The van der Waals surface area contributed by atoms with E-state index in [9.17, 15) is 4.79 Å². The third-order valence-corrected chi connectivity index (χ3v) is 5.61. The van der Waals surface area contributed by atoms with Crippen molar-refractivity contribution in [2.24, 2.45) is 0 Å². The minimum atomic E-state index is -0.0640. The molecule has 0 bridgehead atoms. The lowest BCUT2D eigenvalue weighted by Crippen LogP contribution is -2.33. The number of likely N-dealkylation sites (tertiary alicyclic amines) is 1. The van der Waals surface area contributed by atoms with E-state index in [1.165, 1.54) is 0 Å². The highest BCUT2D eigenvalue weighted by Crippen LogP contribution is 2.38. The zero-order valence-corrected chi connectivity index (χ0v) is 18.2. The Morgan fingerprint density at radius 1 is 1.13 bits per heavy atom. The Morgan fingerprint density at radius 2 is 1.94 bits per heavy atom. The van der Waals surface area contributed by atoms with Crippen LogP contribution in [-0.2, 0) is 4.79 Å². The first-order valence-electron chi connectivity index (χ1n) is 10.5. The Bertz CT molecular complexity index is 1050. The number of hydrogen-bond donors (Lipinski definition) is 1. The molecule has 2 aromatic carbocycles. The van der Waals surface area contributed by atoms with Gasteiger partial charge in [-0.1, -0.05) is 18.2 Å². The molecule has 1 fully saturated rings. The topological polar surface area (TPSA) is 68.6 Å². The van der Waals surface area contributed by atoms with Crippen molar-refractivity contribution in [3.63, 3.8) is 0 Å². The average molecular weight is 421 g/mol. The Labute approximate surface area is 182 Å². The van der Waals surface area contributed by atoms with Crippen LogP contribution in [0.15, 0.2) is 54.6 Å². The fourth-order valence-corrected chi connectivity index (χ4v) is 4.19. The van der Waals surface area contributed by atoms with E-state index in [2.05, 4.69) is 15.3 Å². The molecule has 1 N–H and O–H groups in total. The highest BCUT2D eigenvalue weighted by atomic mass is 16.5. The molecule has 4 rings (SSSR count). The van der Waals surface area contributed by atoms with Gasteiger partial charge < -0.3 is 14.8 Å². The molecule has 1 aliphatic rings. The summed E-state index contributed by atoms with van der Waals surface area (Å²) in [5, 5.41) is 7.57. The number of aryl methyl sites for hydroxylation is 1. The van der Waals surface area contributed by atoms with Gasteiger partial charge in [0, 0.05) is 17.7 Å². The lowest BCUT2D eigenvalue weighted by atomic mass is 10.0. The molecule has 1 saturated heterocycles. The number of ether oxygens (including phenoxy) is 2. The Hall–Kier alpha value is -3.32. The van der Waals surface area contributed by atoms with E-state index >= 15 is 0 Å². The van der Waals surface area contributed by atoms with Crippen molar-refractivity contribution in [1.29, 1.82) is 0 Å². The molecular weight excluding hydrogens is 392 g/mol. The maximum atomic E-state index is 13.0. The molecule has 0 saturated carbocycles. The van der Waals surface area contributed by atoms with Gasteiger partial charge in [0.05, 0.1) is 32.1 Å². The van der Waals surface area contributed by atoms with Crippen molar-refractivity contribution in [3.8, 4) is 17.2 Å². The maximum absolute atomic E-state index is 13.0. The molecule has 3 aromatic rings. The number of carbonyl (C=O) groups excluding carboxylic acids is 1. The normalized spacial score (nSPS) is 16.3. The lowest BCUT2D eigenvalue weighted by Gasteiger charge is -2.26. The molecule has 0 aliphatic carbocycles. The Morgan fingerprint density at radius 3 is 2.68 bits per heavy atom. The molecule has 0 radical (unpaired) electrons. The van der Waals surface area contributed by atoms with Gasteiger partial charge in [-0.2, -0.15) is 5.10 Å². The predicted molar refractivity (Wildman–Crippen MR) is 120 cm³/mol. The van der Waals surface area contributed by atoms with Gasteiger partial charge in [-0.3, -0.25) is 9.69 Å². The monoisotopic (exact) mass is 420 g/mol. The summed E-state index contributed by atoms with van der Waals surface area (Å²) in [5.74, 6) is 2.21. The molecule has 162 valence electrons. The van der Waals surface area contributed by atoms with Gasteiger partial charge in [-0.15, -0.1) is 0 Å². The molecule has 1 atom stereocenters. The zero-order valence-electron chi connectivity index (χ0n) is 18.2. The predicted octanol–water partition coefficient (Wildman–Crippen LogP) is 3.97. The second-order valence-corrected chi connectivity index (χ2v) is 7.70. The van der Waals surface area contributed by atoms with Crippen LogP contribution in [0.1, 0.15) is 30.1 Å². The smallest absolute Gasteiger partial charge is 0.239 e. The SMILES string of the molecule is COc1ccc(OC)c([C@@H]2CCCN2CC(=O)Nc2cc(C)nn2-c2ccccc2)c1. The summed E-state index contributed by atoms with van der Waals surface area (Å²) in [5.41, 5.74) is 2.81.